The summed E-state index contributed by atoms with van der Waals surface area (Å²) in [5.74, 6) is 0. The number of hydrogen-bond acceptors (Lipinski definition) is 1. The first kappa shape index (κ1) is 8.61. The highest BCUT2D eigenvalue weighted by Crippen LogP contribution is 2.29. The summed E-state index contributed by atoms with van der Waals surface area (Å²) < 4.78 is 0.940. The van der Waals surface area contributed by atoms with E-state index in [0.717, 1.165) is 15.4 Å². The minimum absolute atomic E-state index is 0.476. The van der Waals surface area contributed by atoms with Crippen molar-refractivity contribution < 1.29 is 0 Å². The van der Waals surface area contributed by atoms with Crippen molar-refractivity contribution in [2.75, 3.05) is 0 Å². The van der Waals surface area contributed by atoms with Crippen LogP contribution in [-0.2, 0) is 0 Å². The quantitative estimate of drug-likeness (QED) is 0.769. The van der Waals surface area contributed by atoms with E-state index in [-0.39, 0.29) is 0 Å². The van der Waals surface area contributed by atoms with E-state index in [2.05, 4.69) is 27.0 Å². The van der Waals surface area contributed by atoms with Gasteiger partial charge in [-0.25, -0.2) is 0 Å². The van der Waals surface area contributed by atoms with Crippen LogP contribution < -0.4 is 0 Å². The minimum Gasteiger partial charge on any atom is -0.359 e. The molecule has 2 nitrogen and oxygen atoms in total. The number of halogens is 2. The Morgan fingerprint density at radius 3 is 2.92 bits per heavy atom. The van der Waals surface area contributed by atoms with Crippen LogP contribution in [0.4, 0.5) is 0 Å². The summed E-state index contributed by atoms with van der Waals surface area (Å²) in [5.41, 5.74) is 1.27. The molecule has 0 radical (unpaired) electrons. The molecule has 4 heteroatoms. The molecule has 0 unspecified atom stereocenters. The van der Waals surface area contributed by atoms with Gasteiger partial charge in [-0.2, -0.15) is 5.26 Å². The molecule has 0 aliphatic rings. The van der Waals surface area contributed by atoms with Gasteiger partial charge in [0.15, 0.2) is 0 Å². The molecule has 0 aliphatic heterocycles. The molecule has 64 valence electrons. The van der Waals surface area contributed by atoms with Crippen LogP contribution >= 0.6 is 27.5 Å². The summed E-state index contributed by atoms with van der Waals surface area (Å²) >= 11 is 9.23. The van der Waals surface area contributed by atoms with Crippen molar-refractivity contribution in [3.63, 3.8) is 0 Å². The summed E-state index contributed by atoms with van der Waals surface area (Å²) in [6.07, 6.45) is 1.79. The van der Waals surface area contributed by atoms with Gasteiger partial charge < -0.3 is 4.98 Å². The van der Waals surface area contributed by atoms with E-state index in [4.69, 9.17) is 16.9 Å². The molecule has 1 aromatic heterocycles. The van der Waals surface area contributed by atoms with Gasteiger partial charge in [0.2, 0.25) is 0 Å². The zero-order valence-electron chi connectivity index (χ0n) is 6.44. The van der Waals surface area contributed by atoms with Crippen molar-refractivity contribution in [3.8, 4) is 6.07 Å². The lowest BCUT2D eigenvalue weighted by molar-refractivity contribution is 1.44. The van der Waals surface area contributed by atoms with Crippen molar-refractivity contribution in [2.24, 2.45) is 0 Å². The summed E-state index contributed by atoms with van der Waals surface area (Å²) in [5, 5.41) is 10.3. The van der Waals surface area contributed by atoms with Crippen LogP contribution in [-0.4, -0.2) is 4.98 Å². The van der Waals surface area contributed by atoms with E-state index in [1.54, 1.807) is 12.3 Å². The lowest BCUT2D eigenvalue weighted by Crippen LogP contribution is -1.79. The highest BCUT2D eigenvalue weighted by Gasteiger charge is 2.08. The molecule has 2 rings (SSSR count). The summed E-state index contributed by atoms with van der Waals surface area (Å²) in [6, 6.07) is 5.66. The zero-order chi connectivity index (χ0) is 9.42. The molecule has 0 bridgehead atoms. The van der Waals surface area contributed by atoms with Crippen molar-refractivity contribution in [1.29, 1.82) is 5.26 Å². The first-order valence-electron chi connectivity index (χ1n) is 3.59. The Balaban J connectivity index is 2.95. The predicted molar refractivity (Wildman–Crippen MR) is 55.7 cm³/mol. The number of benzene rings is 1. The summed E-state index contributed by atoms with van der Waals surface area (Å²) in [6.45, 7) is 0. The Hall–Kier alpha value is -0.980. The largest absolute Gasteiger partial charge is 0.359 e. The van der Waals surface area contributed by atoms with Crippen molar-refractivity contribution in [1.82, 2.24) is 4.98 Å². The second kappa shape index (κ2) is 3.06. The fourth-order valence-electron chi connectivity index (χ4n) is 1.25. The van der Waals surface area contributed by atoms with Crippen LogP contribution in [0, 0.1) is 11.3 Å². The molecule has 0 saturated heterocycles. The van der Waals surface area contributed by atoms with Gasteiger partial charge in [-0.05, 0) is 22.0 Å². The lowest BCUT2D eigenvalue weighted by atomic mass is 10.1. The Bertz CT molecular complexity index is 510. The zero-order valence-corrected chi connectivity index (χ0v) is 8.78. The maximum atomic E-state index is 8.86. The first-order chi connectivity index (χ1) is 6.24. The third kappa shape index (κ3) is 1.23. The number of nitrogens with zero attached hydrogens (tertiary/aromatic N) is 1. The molecule has 0 fully saturated rings. The molecule has 0 spiro atoms. The van der Waals surface area contributed by atoms with Gasteiger partial charge in [0.05, 0.1) is 16.1 Å². The van der Waals surface area contributed by atoms with Crippen LogP contribution in [0.5, 0.6) is 0 Å². The van der Waals surface area contributed by atoms with Crippen molar-refractivity contribution >= 4 is 38.4 Å². The predicted octanol–water partition coefficient (Wildman–Crippen LogP) is 3.46. The molecule has 0 aliphatic carbocycles. The van der Waals surface area contributed by atoms with Gasteiger partial charge >= 0.3 is 0 Å². The topological polar surface area (TPSA) is 39.6 Å². The minimum atomic E-state index is 0.476. The van der Waals surface area contributed by atoms with Crippen LogP contribution in [0.3, 0.4) is 0 Å². The Morgan fingerprint density at radius 2 is 2.23 bits per heavy atom. The number of hydrogen-bond donors (Lipinski definition) is 1. The van der Waals surface area contributed by atoms with Gasteiger partial charge in [-0.3, -0.25) is 0 Å². The number of aromatic amines is 1. The SMILES string of the molecule is N#Cc1c(Cl)ccc2c(Br)c[nH]c12. The molecule has 1 aromatic carbocycles. The molecule has 1 N–H and O–H groups in total. The smallest absolute Gasteiger partial charge is 0.103 e. The number of nitrogens with one attached hydrogen (secondary N) is 1. The van der Waals surface area contributed by atoms with E-state index >= 15 is 0 Å². The third-order valence-electron chi connectivity index (χ3n) is 1.87. The van der Waals surface area contributed by atoms with Gasteiger partial charge in [0.1, 0.15) is 6.07 Å². The standard InChI is InChI=1S/C9H4BrClN2/c10-7-4-13-9-5(7)1-2-8(11)6(9)3-12/h1-2,4,13H. The molecule has 0 saturated carbocycles. The van der Waals surface area contributed by atoms with E-state index in [0.29, 0.717) is 10.6 Å². The number of H-pyrrole nitrogens is 1. The van der Waals surface area contributed by atoms with Crippen LogP contribution in [0.2, 0.25) is 5.02 Å². The molecular formula is C9H4BrClN2. The van der Waals surface area contributed by atoms with Gasteiger partial charge in [-0.15, -0.1) is 0 Å². The Labute approximate surface area is 88.3 Å². The molecule has 13 heavy (non-hydrogen) atoms. The van der Waals surface area contributed by atoms with Crippen molar-refractivity contribution in [2.45, 2.75) is 0 Å². The number of aromatic nitrogens is 1. The van der Waals surface area contributed by atoms with Crippen LogP contribution in [0.15, 0.2) is 22.8 Å². The molecule has 2 aromatic rings. The summed E-state index contributed by atoms with van der Waals surface area (Å²) in [4.78, 5) is 2.99. The Kier molecular flexibility index (Phi) is 2.03. The summed E-state index contributed by atoms with van der Waals surface area (Å²) in [7, 11) is 0. The van der Waals surface area contributed by atoms with Gasteiger partial charge in [0.25, 0.3) is 0 Å². The third-order valence-corrected chi connectivity index (χ3v) is 2.84. The average molecular weight is 256 g/mol. The van der Waals surface area contributed by atoms with Crippen molar-refractivity contribution in [3.05, 3.63) is 33.4 Å². The monoisotopic (exact) mass is 254 g/mol. The first-order valence-corrected chi connectivity index (χ1v) is 4.76. The fraction of sp³-hybridized carbons (Fsp3) is 0. The molecule has 0 amide bonds. The fourth-order valence-corrected chi connectivity index (χ4v) is 1.89. The number of rotatable bonds is 0. The highest BCUT2D eigenvalue weighted by atomic mass is 79.9. The van der Waals surface area contributed by atoms with Gasteiger partial charge in [-0.1, -0.05) is 17.7 Å². The van der Waals surface area contributed by atoms with E-state index in [1.165, 1.54) is 0 Å². The molecule has 0 atom stereocenters. The normalized spacial score (nSPS) is 10.2. The number of nitriles is 1. The second-order valence-electron chi connectivity index (χ2n) is 2.59. The Morgan fingerprint density at radius 1 is 1.46 bits per heavy atom. The van der Waals surface area contributed by atoms with Gasteiger partial charge in [0, 0.05) is 16.1 Å². The van der Waals surface area contributed by atoms with E-state index in [1.807, 2.05) is 6.07 Å². The van der Waals surface area contributed by atoms with Crippen LogP contribution in [0.25, 0.3) is 10.9 Å². The second-order valence-corrected chi connectivity index (χ2v) is 3.85. The maximum Gasteiger partial charge on any atom is 0.103 e. The average Bonchev–Trinajstić information content (AvgIpc) is 2.48. The molecular weight excluding hydrogens is 251 g/mol. The lowest BCUT2D eigenvalue weighted by Gasteiger charge is -1.96. The maximum absolute atomic E-state index is 8.86. The number of fused-ring (bicyclic) bond motifs is 1. The molecule has 1 heterocycles. The van der Waals surface area contributed by atoms with Crippen LogP contribution in [0.1, 0.15) is 5.56 Å². The highest BCUT2D eigenvalue weighted by molar-refractivity contribution is 9.10. The van der Waals surface area contributed by atoms with E-state index in [9.17, 15) is 0 Å². The van der Waals surface area contributed by atoms with E-state index < -0.39 is 0 Å².